The Morgan fingerprint density at radius 1 is 0.952 bits per heavy atom. The Kier molecular flexibility index (Phi) is 5.10. The fraction of sp³-hybridized carbons (Fsp3) is 0.105. The van der Waals surface area contributed by atoms with E-state index in [-0.39, 0.29) is 5.91 Å². The van der Waals surface area contributed by atoms with Crippen molar-refractivity contribution >= 4 is 11.6 Å². The van der Waals surface area contributed by atoms with Crippen molar-refractivity contribution in [3.63, 3.8) is 0 Å². The first-order valence-corrected chi connectivity index (χ1v) is 6.94. The summed E-state index contributed by atoms with van der Waals surface area (Å²) in [5.41, 5.74) is 2.66. The number of hydrogen-bond donors (Lipinski definition) is 0. The SMILES string of the molecule is C=CCc1ccccc1N(CC=C)C(=O)c1ccccc1. The summed E-state index contributed by atoms with van der Waals surface area (Å²) in [7, 11) is 0. The van der Waals surface area contributed by atoms with E-state index in [2.05, 4.69) is 13.2 Å². The molecule has 2 nitrogen and oxygen atoms in total. The smallest absolute Gasteiger partial charge is 0.258 e. The largest absolute Gasteiger partial charge is 0.304 e. The molecular weight excluding hydrogens is 258 g/mol. The molecule has 0 atom stereocenters. The normalized spacial score (nSPS) is 9.90. The molecule has 0 unspecified atom stereocenters. The van der Waals surface area contributed by atoms with Crippen molar-refractivity contribution in [3.05, 3.63) is 91.0 Å². The third-order valence-electron chi connectivity index (χ3n) is 3.22. The van der Waals surface area contributed by atoms with Crippen LogP contribution in [0.15, 0.2) is 79.9 Å². The van der Waals surface area contributed by atoms with Gasteiger partial charge in [0, 0.05) is 17.8 Å². The van der Waals surface area contributed by atoms with E-state index in [1.54, 1.807) is 11.0 Å². The highest BCUT2D eigenvalue weighted by atomic mass is 16.2. The van der Waals surface area contributed by atoms with Gasteiger partial charge in [-0.2, -0.15) is 0 Å². The molecule has 2 aromatic rings. The number of carbonyl (C=O) groups is 1. The van der Waals surface area contributed by atoms with Crippen LogP contribution in [0, 0.1) is 0 Å². The molecule has 0 fully saturated rings. The third kappa shape index (κ3) is 3.48. The molecule has 0 radical (unpaired) electrons. The van der Waals surface area contributed by atoms with Crippen molar-refractivity contribution in [2.75, 3.05) is 11.4 Å². The van der Waals surface area contributed by atoms with Crippen molar-refractivity contribution in [3.8, 4) is 0 Å². The van der Waals surface area contributed by atoms with E-state index in [9.17, 15) is 4.79 Å². The van der Waals surface area contributed by atoms with E-state index in [0.717, 1.165) is 17.7 Å². The lowest BCUT2D eigenvalue weighted by Gasteiger charge is -2.24. The number of nitrogens with zero attached hydrogens (tertiary/aromatic N) is 1. The zero-order valence-electron chi connectivity index (χ0n) is 12.0. The summed E-state index contributed by atoms with van der Waals surface area (Å²) in [6.45, 7) is 8.02. The molecule has 0 spiro atoms. The monoisotopic (exact) mass is 277 g/mol. The summed E-state index contributed by atoms with van der Waals surface area (Å²) in [6, 6.07) is 17.2. The fourth-order valence-electron chi connectivity index (χ4n) is 2.26. The van der Waals surface area contributed by atoms with Gasteiger partial charge >= 0.3 is 0 Å². The highest BCUT2D eigenvalue weighted by Gasteiger charge is 2.18. The minimum Gasteiger partial charge on any atom is -0.304 e. The first-order valence-electron chi connectivity index (χ1n) is 6.94. The molecule has 0 heterocycles. The topological polar surface area (TPSA) is 20.3 Å². The summed E-state index contributed by atoms with van der Waals surface area (Å²) >= 11 is 0. The van der Waals surface area contributed by atoms with Gasteiger partial charge in [0.25, 0.3) is 5.91 Å². The Labute approximate surface area is 126 Å². The summed E-state index contributed by atoms with van der Waals surface area (Å²) in [4.78, 5) is 14.5. The number of rotatable bonds is 6. The van der Waals surface area contributed by atoms with Gasteiger partial charge in [-0.15, -0.1) is 13.2 Å². The maximum atomic E-state index is 12.7. The highest BCUT2D eigenvalue weighted by Crippen LogP contribution is 2.23. The molecule has 106 valence electrons. The number of amides is 1. The standard InChI is InChI=1S/C19H19NO/c1-3-10-16-11-8-9-14-18(16)20(15-4-2)19(21)17-12-6-5-7-13-17/h3-9,11-14H,1-2,10,15H2. The molecule has 2 heteroatoms. The highest BCUT2D eigenvalue weighted by molar-refractivity contribution is 6.06. The summed E-state index contributed by atoms with van der Waals surface area (Å²) in [5.74, 6) is -0.0213. The van der Waals surface area contributed by atoms with E-state index in [0.29, 0.717) is 12.1 Å². The van der Waals surface area contributed by atoms with Crippen LogP contribution >= 0.6 is 0 Å². The van der Waals surface area contributed by atoms with Crippen LogP contribution in [0.4, 0.5) is 5.69 Å². The van der Waals surface area contributed by atoms with Crippen LogP contribution in [0.25, 0.3) is 0 Å². The second-order valence-electron chi connectivity index (χ2n) is 4.69. The number of para-hydroxylation sites is 1. The zero-order valence-corrected chi connectivity index (χ0v) is 12.0. The van der Waals surface area contributed by atoms with Crippen molar-refractivity contribution in [2.45, 2.75) is 6.42 Å². The third-order valence-corrected chi connectivity index (χ3v) is 3.22. The second-order valence-corrected chi connectivity index (χ2v) is 4.69. The van der Waals surface area contributed by atoms with Gasteiger partial charge in [0.15, 0.2) is 0 Å². The number of hydrogen-bond acceptors (Lipinski definition) is 1. The average Bonchev–Trinajstić information content (AvgIpc) is 2.54. The molecule has 0 saturated heterocycles. The van der Waals surface area contributed by atoms with Gasteiger partial charge in [0.05, 0.1) is 0 Å². The van der Waals surface area contributed by atoms with Gasteiger partial charge < -0.3 is 4.90 Å². The predicted octanol–water partition coefficient (Wildman–Crippen LogP) is 4.25. The molecular formula is C19H19NO. The van der Waals surface area contributed by atoms with Crippen molar-refractivity contribution in [1.29, 1.82) is 0 Å². The van der Waals surface area contributed by atoms with Crippen LogP contribution < -0.4 is 4.90 Å². The van der Waals surface area contributed by atoms with Crippen molar-refractivity contribution in [1.82, 2.24) is 0 Å². The fourth-order valence-corrected chi connectivity index (χ4v) is 2.26. The van der Waals surface area contributed by atoms with E-state index in [1.807, 2.05) is 60.7 Å². The molecule has 1 amide bonds. The first-order chi connectivity index (χ1) is 10.3. The maximum absolute atomic E-state index is 12.7. The van der Waals surface area contributed by atoms with Gasteiger partial charge in [0.2, 0.25) is 0 Å². The van der Waals surface area contributed by atoms with Crippen LogP contribution in [-0.2, 0) is 6.42 Å². The molecule has 0 aromatic heterocycles. The first kappa shape index (κ1) is 14.8. The van der Waals surface area contributed by atoms with Crippen LogP contribution in [0.2, 0.25) is 0 Å². The van der Waals surface area contributed by atoms with Crippen molar-refractivity contribution < 1.29 is 4.79 Å². The Hall–Kier alpha value is -2.61. The van der Waals surface area contributed by atoms with Crippen LogP contribution in [0.3, 0.4) is 0 Å². The minimum atomic E-state index is -0.0213. The quantitative estimate of drug-likeness (QED) is 0.723. The molecule has 0 N–H and O–H groups in total. The van der Waals surface area contributed by atoms with Crippen LogP contribution in [0.5, 0.6) is 0 Å². The van der Waals surface area contributed by atoms with Gasteiger partial charge in [0.1, 0.15) is 0 Å². The lowest BCUT2D eigenvalue weighted by molar-refractivity contribution is 0.0989. The van der Waals surface area contributed by atoms with Gasteiger partial charge in [-0.05, 0) is 30.2 Å². The zero-order chi connectivity index (χ0) is 15.1. The Morgan fingerprint density at radius 2 is 1.62 bits per heavy atom. The molecule has 0 saturated carbocycles. The molecule has 2 rings (SSSR count). The van der Waals surface area contributed by atoms with Crippen LogP contribution in [0.1, 0.15) is 15.9 Å². The number of allylic oxidation sites excluding steroid dienone is 1. The minimum absolute atomic E-state index is 0.0213. The maximum Gasteiger partial charge on any atom is 0.258 e. The van der Waals surface area contributed by atoms with E-state index >= 15 is 0 Å². The Bertz CT molecular complexity index is 631. The summed E-state index contributed by atoms with van der Waals surface area (Å²) in [5, 5.41) is 0. The molecule has 0 aliphatic carbocycles. The molecule has 0 aliphatic rings. The second kappa shape index (κ2) is 7.25. The van der Waals surface area contributed by atoms with Crippen molar-refractivity contribution in [2.24, 2.45) is 0 Å². The van der Waals surface area contributed by atoms with Crippen LogP contribution in [-0.4, -0.2) is 12.5 Å². The summed E-state index contributed by atoms with van der Waals surface area (Å²) < 4.78 is 0. The lowest BCUT2D eigenvalue weighted by atomic mass is 10.1. The van der Waals surface area contributed by atoms with Gasteiger partial charge in [-0.1, -0.05) is 48.6 Å². The Balaban J connectivity index is 2.42. The number of benzene rings is 2. The molecule has 2 aromatic carbocycles. The molecule has 0 bridgehead atoms. The van der Waals surface area contributed by atoms with Gasteiger partial charge in [-0.3, -0.25) is 4.79 Å². The van der Waals surface area contributed by atoms with E-state index < -0.39 is 0 Å². The Morgan fingerprint density at radius 3 is 2.29 bits per heavy atom. The molecule has 21 heavy (non-hydrogen) atoms. The lowest BCUT2D eigenvalue weighted by Crippen LogP contribution is -2.31. The average molecular weight is 277 g/mol. The molecule has 0 aliphatic heterocycles. The summed E-state index contributed by atoms with van der Waals surface area (Å²) in [6.07, 6.45) is 4.31. The van der Waals surface area contributed by atoms with E-state index in [4.69, 9.17) is 0 Å². The van der Waals surface area contributed by atoms with E-state index in [1.165, 1.54) is 0 Å². The number of anilines is 1. The number of carbonyl (C=O) groups excluding carboxylic acids is 1. The predicted molar refractivity (Wildman–Crippen MR) is 88.7 cm³/mol. The van der Waals surface area contributed by atoms with Gasteiger partial charge in [-0.25, -0.2) is 0 Å².